The molecule has 0 aliphatic carbocycles. The number of fused-ring (bicyclic) bond motifs is 1. The molecular weight excluding hydrogens is 349 g/mol. The van der Waals surface area contributed by atoms with Gasteiger partial charge in [0.05, 0.1) is 34.8 Å². The second-order valence-corrected chi connectivity index (χ2v) is 5.77. The Morgan fingerprint density at radius 3 is 2.42 bits per heavy atom. The molecule has 19 heavy (non-hydrogen) atoms. The number of likely N-dealkylation sites (N-methyl/N-ethyl adjacent to an activating group) is 1. The molecule has 0 atom stereocenters. The fourth-order valence-electron chi connectivity index (χ4n) is 2.12. The predicted octanol–water partition coefficient (Wildman–Crippen LogP) is 0.101. The number of hydrogen-bond donors (Lipinski definition) is 0. The number of methoxy groups -OCH3 is 1. The van der Waals surface area contributed by atoms with Gasteiger partial charge in [-0.1, -0.05) is 24.3 Å². The fraction of sp³-hybridized carbons (Fsp3) is 0.375. The van der Waals surface area contributed by atoms with Crippen molar-refractivity contribution in [2.24, 2.45) is 0 Å². The Morgan fingerprint density at radius 2 is 1.79 bits per heavy atom. The van der Waals surface area contributed by atoms with Crippen LogP contribution in [-0.4, -0.2) is 39.3 Å². The largest absolute Gasteiger partial charge is 1.00 e. The molecule has 2 rings (SSSR count). The second kappa shape index (κ2) is 6.57. The molecule has 0 spiro atoms. The third kappa shape index (κ3) is 4.35. The van der Waals surface area contributed by atoms with Crippen molar-refractivity contribution in [1.29, 1.82) is 0 Å². The van der Waals surface area contributed by atoms with Crippen LogP contribution in [-0.2, 0) is 6.42 Å². The van der Waals surface area contributed by atoms with Crippen molar-refractivity contribution >= 4 is 10.8 Å². The minimum atomic E-state index is 0. The first-order valence-corrected chi connectivity index (χ1v) is 6.36. The quantitative estimate of drug-likeness (QED) is 0.548. The molecule has 0 amide bonds. The minimum Gasteiger partial charge on any atom is -1.00 e. The van der Waals surface area contributed by atoms with Crippen LogP contribution < -0.4 is 28.7 Å². The van der Waals surface area contributed by atoms with Gasteiger partial charge in [0.25, 0.3) is 0 Å². The van der Waals surface area contributed by atoms with Gasteiger partial charge < -0.3 is 33.2 Å². The first-order valence-electron chi connectivity index (χ1n) is 6.36. The molecule has 0 unspecified atom stereocenters. The molecule has 0 radical (unpaired) electrons. The van der Waals surface area contributed by atoms with Crippen LogP contribution in [0.4, 0.5) is 0 Å². The summed E-state index contributed by atoms with van der Waals surface area (Å²) in [5.41, 5.74) is 1.40. The lowest BCUT2D eigenvalue weighted by Gasteiger charge is -2.24. The van der Waals surface area contributed by atoms with Gasteiger partial charge in [-0.3, -0.25) is 0 Å². The van der Waals surface area contributed by atoms with E-state index in [1.807, 2.05) is 6.07 Å². The van der Waals surface area contributed by atoms with Crippen LogP contribution in [0.5, 0.6) is 5.75 Å². The molecule has 2 nitrogen and oxygen atoms in total. The van der Waals surface area contributed by atoms with E-state index >= 15 is 0 Å². The molecule has 0 aromatic heterocycles. The van der Waals surface area contributed by atoms with E-state index in [0.717, 1.165) is 23.2 Å². The number of quaternary nitrogens is 1. The maximum atomic E-state index is 5.32. The lowest BCUT2D eigenvalue weighted by molar-refractivity contribution is -0.870. The number of hydrogen-bond acceptors (Lipinski definition) is 1. The molecule has 2 aromatic rings. The highest BCUT2D eigenvalue weighted by Crippen LogP contribution is 2.24. The number of rotatable bonds is 4. The highest BCUT2D eigenvalue weighted by Gasteiger charge is 2.09. The first kappa shape index (κ1) is 16.2. The SMILES string of the molecule is COc1ccc2cccc(CC[N+](C)(C)C)c2c1.[I-]. The van der Waals surface area contributed by atoms with Gasteiger partial charge in [-0.05, 0) is 28.5 Å². The Hall–Kier alpha value is -0.810. The van der Waals surface area contributed by atoms with Gasteiger partial charge in [0, 0.05) is 6.42 Å². The Labute approximate surface area is 133 Å². The van der Waals surface area contributed by atoms with Crippen molar-refractivity contribution in [2.45, 2.75) is 6.42 Å². The number of nitrogens with zero attached hydrogens (tertiary/aromatic N) is 1. The van der Waals surface area contributed by atoms with Gasteiger partial charge in [0.2, 0.25) is 0 Å². The van der Waals surface area contributed by atoms with E-state index < -0.39 is 0 Å². The fourth-order valence-corrected chi connectivity index (χ4v) is 2.12. The van der Waals surface area contributed by atoms with E-state index in [2.05, 4.69) is 51.5 Å². The standard InChI is InChI=1S/C16H22NO.HI/c1-17(2,3)11-10-14-7-5-6-13-8-9-15(18-4)12-16(13)14;/h5-9,12H,10-11H2,1-4H3;1H/q+1;/p-1. The molecule has 0 saturated heterocycles. The number of benzene rings is 2. The average Bonchev–Trinajstić information content (AvgIpc) is 2.34. The molecule has 2 aromatic carbocycles. The third-order valence-electron chi connectivity index (χ3n) is 3.23. The molecule has 0 heterocycles. The summed E-state index contributed by atoms with van der Waals surface area (Å²) in [5.74, 6) is 0.931. The van der Waals surface area contributed by atoms with Crippen LogP contribution in [0.1, 0.15) is 5.56 Å². The Balaban J connectivity index is 0.00000180. The van der Waals surface area contributed by atoms with E-state index in [1.165, 1.54) is 16.3 Å². The van der Waals surface area contributed by atoms with Crippen LogP contribution in [0.3, 0.4) is 0 Å². The third-order valence-corrected chi connectivity index (χ3v) is 3.23. The van der Waals surface area contributed by atoms with Crippen molar-refractivity contribution in [3.05, 3.63) is 42.0 Å². The Morgan fingerprint density at radius 1 is 1.05 bits per heavy atom. The molecule has 0 aliphatic rings. The summed E-state index contributed by atoms with van der Waals surface area (Å²) >= 11 is 0. The molecule has 0 saturated carbocycles. The average molecular weight is 371 g/mol. The summed E-state index contributed by atoms with van der Waals surface area (Å²) in [6.07, 6.45) is 1.09. The maximum absolute atomic E-state index is 5.32. The van der Waals surface area contributed by atoms with Gasteiger partial charge in [0.15, 0.2) is 0 Å². The van der Waals surface area contributed by atoms with E-state index in [4.69, 9.17) is 4.74 Å². The zero-order valence-electron chi connectivity index (χ0n) is 12.1. The lowest BCUT2D eigenvalue weighted by Crippen LogP contribution is -3.00. The summed E-state index contributed by atoms with van der Waals surface area (Å²) in [6.45, 7) is 1.14. The van der Waals surface area contributed by atoms with Gasteiger partial charge in [-0.2, -0.15) is 0 Å². The topological polar surface area (TPSA) is 9.23 Å². The van der Waals surface area contributed by atoms with Crippen LogP contribution in [0.15, 0.2) is 36.4 Å². The molecule has 3 heteroatoms. The molecule has 0 N–H and O–H groups in total. The van der Waals surface area contributed by atoms with E-state index in [1.54, 1.807) is 7.11 Å². The van der Waals surface area contributed by atoms with Crippen molar-refractivity contribution in [3.8, 4) is 5.75 Å². The monoisotopic (exact) mass is 371 g/mol. The zero-order chi connectivity index (χ0) is 13.2. The van der Waals surface area contributed by atoms with E-state index in [0.29, 0.717) is 0 Å². The number of ether oxygens (including phenoxy) is 1. The molecular formula is C16H22INO. The Kier molecular flexibility index (Phi) is 5.62. The summed E-state index contributed by atoms with van der Waals surface area (Å²) in [7, 11) is 8.40. The van der Waals surface area contributed by atoms with Crippen LogP contribution in [0, 0.1) is 0 Å². The Bertz CT molecular complexity index is 546. The molecule has 0 aliphatic heterocycles. The van der Waals surface area contributed by atoms with Crippen molar-refractivity contribution in [3.63, 3.8) is 0 Å². The van der Waals surface area contributed by atoms with E-state index in [-0.39, 0.29) is 24.0 Å². The maximum Gasteiger partial charge on any atom is 0.119 e. The van der Waals surface area contributed by atoms with Crippen molar-refractivity contribution in [1.82, 2.24) is 0 Å². The van der Waals surface area contributed by atoms with Gasteiger partial charge in [-0.15, -0.1) is 0 Å². The zero-order valence-corrected chi connectivity index (χ0v) is 14.3. The summed E-state index contributed by atoms with van der Waals surface area (Å²) < 4.78 is 6.31. The van der Waals surface area contributed by atoms with Gasteiger partial charge in [0.1, 0.15) is 5.75 Å². The number of halogens is 1. The predicted molar refractivity (Wildman–Crippen MR) is 77.1 cm³/mol. The molecule has 104 valence electrons. The first-order chi connectivity index (χ1) is 8.49. The van der Waals surface area contributed by atoms with Gasteiger partial charge >= 0.3 is 0 Å². The van der Waals surface area contributed by atoms with Crippen LogP contribution in [0.2, 0.25) is 0 Å². The minimum absolute atomic E-state index is 0. The normalized spacial score (nSPS) is 11.2. The lowest BCUT2D eigenvalue weighted by atomic mass is 10.0. The highest BCUT2D eigenvalue weighted by molar-refractivity contribution is 5.87. The van der Waals surface area contributed by atoms with Crippen LogP contribution >= 0.6 is 0 Å². The summed E-state index contributed by atoms with van der Waals surface area (Å²) in [4.78, 5) is 0. The van der Waals surface area contributed by atoms with Gasteiger partial charge in [-0.25, -0.2) is 0 Å². The highest BCUT2D eigenvalue weighted by atomic mass is 127. The van der Waals surface area contributed by atoms with Crippen molar-refractivity contribution in [2.75, 3.05) is 34.8 Å². The molecule has 0 fully saturated rings. The van der Waals surface area contributed by atoms with E-state index in [9.17, 15) is 0 Å². The molecule has 0 bridgehead atoms. The second-order valence-electron chi connectivity index (χ2n) is 5.77. The van der Waals surface area contributed by atoms with Crippen LogP contribution in [0.25, 0.3) is 10.8 Å². The summed E-state index contributed by atoms with van der Waals surface area (Å²) in [6, 6.07) is 12.8. The smallest absolute Gasteiger partial charge is 0.119 e. The summed E-state index contributed by atoms with van der Waals surface area (Å²) in [5, 5.41) is 2.60. The van der Waals surface area contributed by atoms with Crippen molar-refractivity contribution < 1.29 is 33.2 Å².